The number of fused-ring (bicyclic) bond motifs is 1. The molecular formula is C27H52N8O6. The van der Waals surface area contributed by atoms with Gasteiger partial charge in [-0.2, -0.15) is 0 Å². The van der Waals surface area contributed by atoms with Gasteiger partial charge in [-0.15, -0.1) is 0 Å². The number of nitrogens with two attached hydrogens (primary N) is 1. The Kier molecular flexibility index (Phi) is 12.9. The predicted octanol–water partition coefficient (Wildman–Crippen LogP) is -1.08. The maximum Gasteiger partial charge on any atom is 0.303 e. The summed E-state index contributed by atoms with van der Waals surface area (Å²) in [5.74, 6) is -2.29. The average molecular weight is 585 g/mol. The fourth-order valence-corrected chi connectivity index (χ4v) is 5.83. The van der Waals surface area contributed by atoms with Crippen molar-refractivity contribution in [1.82, 2.24) is 35.6 Å². The highest BCUT2D eigenvalue weighted by Crippen LogP contribution is 2.45. The van der Waals surface area contributed by atoms with Crippen LogP contribution in [-0.2, 0) is 19.2 Å². The topological polar surface area (TPSA) is 184 Å². The molecule has 7 N–H and O–H groups in total. The van der Waals surface area contributed by atoms with E-state index in [0.29, 0.717) is 45.9 Å². The van der Waals surface area contributed by atoms with E-state index in [2.05, 4.69) is 44.5 Å². The van der Waals surface area contributed by atoms with Gasteiger partial charge in [0.2, 0.25) is 11.8 Å². The van der Waals surface area contributed by atoms with Crippen molar-refractivity contribution in [3.05, 3.63) is 0 Å². The third kappa shape index (κ3) is 9.86. The average Bonchev–Trinajstić information content (AvgIpc) is 3.30. The summed E-state index contributed by atoms with van der Waals surface area (Å²) < 4.78 is 0. The summed E-state index contributed by atoms with van der Waals surface area (Å²) in [6, 6.07) is 0. The van der Waals surface area contributed by atoms with Crippen molar-refractivity contribution in [2.45, 2.75) is 76.2 Å². The van der Waals surface area contributed by atoms with Crippen LogP contribution in [0.3, 0.4) is 0 Å². The summed E-state index contributed by atoms with van der Waals surface area (Å²) in [6.45, 7) is 11.5. The first-order chi connectivity index (χ1) is 19.2. The second-order valence-electron chi connectivity index (χ2n) is 11.8. The van der Waals surface area contributed by atoms with E-state index in [1.54, 1.807) is 0 Å². The number of nitrogens with zero attached hydrogens (tertiary/aromatic N) is 4. The molecule has 2 amide bonds. The van der Waals surface area contributed by atoms with Gasteiger partial charge in [0.25, 0.3) is 0 Å². The van der Waals surface area contributed by atoms with Crippen LogP contribution in [0.5, 0.6) is 0 Å². The summed E-state index contributed by atoms with van der Waals surface area (Å²) in [7, 11) is 4.00. The molecule has 0 saturated carbocycles. The van der Waals surface area contributed by atoms with Crippen LogP contribution >= 0.6 is 0 Å². The van der Waals surface area contributed by atoms with Crippen LogP contribution < -0.4 is 21.7 Å². The number of aliphatic carboxylic acids is 2. The van der Waals surface area contributed by atoms with E-state index < -0.39 is 28.8 Å². The molecule has 2 aliphatic rings. The van der Waals surface area contributed by atoms with Gasteiger partial charge in [0.1, 0.15) is 11.3 Å². The Morgan fingerprint density at radius 3 is 1.90 bits per heavy atom. The van der Waals surface area contributed by atoms with E-state index in [1.165, 1.54) is 0 Å². The summed E-state index contributed by atoms with van der Waals surface area (Å²) in [5, 5.41) is 27.8. The fourth-order valence-electron chi connectivity index (χ4n) is 5.83. The molecule has 0 aromatic carbocycles. The lowest BCUT2D eigenvalue weighted by Crippen LogP contribution is -2.66. The van der Waals surface area contributed by atoms with E-state index >= 15 is 0 Å². The number of carbonyl (C=O) groups is 4. The molecule has 0 aliphatic carbocycles. The molecule has 0 bridgehead atoms. The van der Waals surface area contributed by atoms with Gasteiger partial charge in [0.05, 0.1) is 12.2 Å². The van der Waals surface area contributed by atoms with Crippen LogP contribution in [0.4, 0.5) is 0 Å². The van der Waals surface area contributed by atoms with E-state index in [1.807, 2.05) is 25.9 Å². The van der Waals surface area contributed by atoms with Gasteiger partial charge in [-0.05, 0) is 47.0 Å². The molecule has 41 heavy (non-hydrogen) atoms. The number of nitrogens with one attached hydrogen (secondary N) is 3. The zero-order chi connectivity index (χ0) is 30.8. The first-order valence-electron chi connectivity index (χ1n) is 14.6. The van der Waals surface area contributed by atoms with Crippen LogP contribution in [0.25, 0.3) is 0 Å². The van der Waals surface area contributed by atoms with Crippen molar-refractivity contribution < 1.29 is 29.4 Å². The summed E-state index contributed by atoms with van der Waals surface area (Å²) in [5.41, 5.74) is 4.40. The zero-order valence-electron chi connectivity index (χ0n) is 25.5. The van der Waals surface area contributed by atoms with Gasteiger partial charge in [0, 0.05) is 65.0 Å². The molecule has 2 saturated heterocycles. The number of hydrogen-bond donors (Lipinski definition) is 6. The van der Waals surface area contributed by atoms with E-state index in [0.717, 1.165) is 13.1 Å². The lowest BCUT2D eigenvalue weighted by Gasteiger charge is -2.42. The number of amides is 2. The van der Waals surface area contributed by atoms with Crippen LogP contribution in [-0.4, -0.2) is 144 Å². The van der Waals surface area contributed by atoms with Crippen molar-refractivity contribution in [2.75, 3.05) is 73.1 Å². The lowest BCUT2D eigenvalue weighted by molar-refractivity contribution is -0.138. The van der Waals surface area contributed by atoms with Gasteiger partial charge in [-0.1, -0.05) is 13.8 Å². The van der Waals surface area contributed by atoms with Crippen LogP contribution in [0.2, 0.25) is 0 Å². The Bertz CT molecular complexity index is 916. The minimum absolute atomic E-state index is 0.0604. The van der Waals surface area contributed by atoms with Gasteiger partial charge >= 0.3 is 11.9 Å². The molecular weight excluding hydrogens is 532 g/mol. The third-order valence-electron chi connectivity index (χ3n) is 8.24. The Morgan fingerprint density at radius 1 is 0.878 bits per heavy atom. The minimum Gasteiger partial charge on any atom is -0.481 e. The molecule has 2 rings (SSSR count). The molecule has 4 atom stereocenters. The zero-order valence-corrected chi connectivity index (χ0v) is 25.5. The molecule has 0 aromatic rings. The number of hydrogen-bond acceptors (Lipinski definition) is 10. The van der Waals surface area contributed by atoms with Crippen LogP contribution in [0.1, 0.15) is 59.3 Å². The first kappa shape index (κ1) is 34.8. The first-order valence-corrected chi connectivity index (χ1v) is 14.6. The molecule has 2 heterocycles. The van der Waals surface area contributed by atoms with Crippen LogP contribution in [0, 0.1) is 0 Å². The number of carboxylic acids is 2. The molecule has 236 valence electrons. The van der Waals surface area contributed by atoms with Crippen molar-refractivity contribution in [1.29, 1.82) is 0 Å². The van der Waals surface area contributed by atoms with Crippen molar-refractivity contribution in [3.63, 3.8) is 0 Å². The monoisotopic (exact) mass is 584 g/mol. The molecule has 0 spiro atoms. The molecule has 0 radical (unpaired) electrons. The fraction of sp³-hybridized carbons (Fsp3) is 0.852. The maximum absolute atomic E-state index is 13.1. The highest BCUT2D eigenvalue weighted by atomic mass is 16.4. The second-order valence-corrected chi connectivity index (χ2v) is 11.8. The van der Waals surface area contributed by atoms with Gasteiger partial charge < -0.3 is 46.6 Å². The number of carbonyl (C=O) groups excluding carboxylic acids is 2. The predicted molar refractivity (Wildman–Crippen MR) is 155 cm³/mol. The largest absolute Gasteiger partial charge is 0.481 e. The van der Waals surface area contributed by atoms with Crippen molar-refractivity contribution in [3.8, 4) is 0 Å². The van der Waals surface area contributed by atoms with Crippen molar-refractivity contribution >= 4 is 23.8 Å². The minimum atomic E-state index is -0.936. The summed E-state index contributed by atoms with van der Waals surface area (Å²) in [6.07, 6.45) is 0.604. The van der Waals surface area contributed by atoms with Gasteiger partial charge in [-0.25, -0.2) is 4.90 Å². The standard InChI is InChI=1S/C27H52N8O6/c1-6-34(7-2)18-26(30-21(36)10-8-12-23(38)39)16-29-20-35-25(3,28)27(35,19-33(5)15-14-32(4)17-26)31-22(37)11-9-13-24(40)41/h29H,6-20,28H2,1-5H3,(H,30,36)(H,31,37)(H,38,39)(H,40,41). The Morgan fingerprint density at radius 2 is 1.39 bits per heavy atom. The number of rotatable bonds is 14. The molecule has 14 heteroatoms. The number of likely N-dealkylation sites (N-methyl/N-ethyl adjacent to an activating group) is 3. The molecule has 0 aromatic heterocycles. The quantitative estimate of drug-likeness (QED) is 0.136. The molecule has 14 nitrogen and oxygen atoms in total. The Hall–Kier alpha value is -2.36. The SMILES string of the molecule is CCN(CC)CC1(NC(=O)CCCC(=O)O)CNCN2C(C)(N)C2(NC(=O)CCCC(=O)O)CN(C)CCN(C)C1. The molecule has 2 fully saturated rings. The second kappa shape index (κ2) is 15.2. The highest BCUT2D eigenvalue weighted by molar-refractivity contribution is 5.78. The van der Waals surface area contributed by atoms with E-state index in [4.69, 9.17) is 15.9 Å². The van der Waals surface area contributed by atoms with Crippen LogP contribution in [0.15, 0.2) is 0 Å². The third-order valence-corrected chi connectivity index (χ3v) is 8.24. The summed E-state index contributed by atoms with van der Waals surface area (Å²) in [4.78, 5) is 56.4. The number of carboxylic acid groups (broad SMARTS) is 2. The maximum atomic E-state index is 13.1. The van der Waals surface area contributed by atoms with E-state index in [-0.39, 0.29) is 50.3 Å². The van der Waals surface area contributed by atoms with Crippen molar-refractivity contribution in [2.24, 2.45) is 5.73 Å². The summed E-state index contributed by atoms with van der Waals surface area (Å²) >= 11 is 0. The Labute approximate surface area is 243 Å². The molecule has 4 unspecified atom stereocenters. The smallest absolute Gasteiger partial charge is 0.303 e. The Balaban J connectivity index is 2.28. The molecule has 2 aliphatic heterocycles. The van der Waals surface area contributed by atoms with Gasteiger partial charge in [-0.3, -0.25) is 19.2 Å². The highest BCUT2D eigenvalue weighted by Gasteiger charge is 2.71. The van der Waals surface area contributed by atoms with Gasteiger partial charge in [0.15, 0.2) is 0 Å². The normalized spacial score (nSPS) is 29.6. The van der Waals surface area contributed by atoms with E-state index in [9.17, 15) is 19.2 Å². The lowest BCUT2D eigenvalue weighted by atomic mass is 9.96.